The van der Waals surface area contributed by atoms with Gasteiger partial charge in [-0.2, -0.15) is 0 Å². The molecule has 0 N–H and O–H groups in total. The molecule has 2 aromatic carbocycles. The normalized spacial score (nSPS) is 10.7. The Morgan fingerprint density at radius 3 is 2.80 bits per heavy atom. The molecular formula is C17H14BrNO. The van der Waals surface area contributed by atoms with E-state index in [2.05, 4.69) is 45.2 Å². The highest BCUT2D eigenvalue weighted by Gasteiger charge is 2.02. The summed E-state index contributed by atoms with van der Waals surface area (Å²) in [4.78, 5) is 4.32. The van der Waals surface area contributed by atoms with Crippen molar-refractivity contribution in [1.82, 2.24) is 4.98 Å². The third kappa shape index (κ3) is 2.83. The van der Waals surface area contributed by atoms with Gasteiger partial charge < -0.3 is 4.74 Å². The van der Waals surface area contributed by atoms with E-state index in [9.17, 15) is 0 Å². The number of halogens is 1. The van der Waals surface area contributed by atoms with Gasteiger partial charge >= 0.3 is 0 Å². The van der Waals surface area contributed by atoms with Gasteiger partial charge in [0.05, 0.1) is 5.52 Å². The number of para-hydroxylation sites is 1. The van der Waals surface area contributed by atoms with Crippen LogP contribution in [0.2, 0.25) is 0 Å². The van der Waals surface area contributed by atoms with Gasteiger partial charge in [0.15, 0.2) is 0 Å². The summed E-state index contributed by atoms with van der Waals surface area (Å²) in [6.45, 7) is 0.564. The van der Waals surface area contributed by atoms with Gasteiger partial charge in [-0.15, -0.1) is 0 Å². The molecule has 0 fully saturated rings. The van der Waals surface area contributed by atoms with E-state index >= 15 is 0 Å². The molecule has 0 aliphatic heterocycles. The van der Waals surface area contributed by atoms with Crippen molar-refractivity contribution in [3.05, 3.63) is 71.9 Å². The number of fused-ring (bicyclic) bond motifs is 1. The summed E-state index contributed by atoms with van der Waals surface area (Å²) in [6, 6.07) is 18.3. The molecule has 3 rings (SSSR count). The van der Waals surface area contributed by atoms with Crippen molar-refractivity contribution < 1.29 is 4.74 Å². The summed E-state index contributed by atoms with van der Waals surface area (Å²) < 4.78 is 5.91. The quantitative estimate of drug-likeness (QED) is 0.647. The summed E-state index contributed by atoms with van der Waals surface area (Å²) >= 11 is 3.48. The molecule has 3 aromatic rings. The molecule has 0 unspecified atom stereocenters. The number of rotatable bonds is 4. The molecule has 0 radical (unpaired) electrons. The van der Waals surface area contributed by atoms with Crippen molar-refractivity contribution in [2.75, 3.05) is 0 Å². The minimum absolute atomic E-state index is 0.564. The molecule has 0 aliphatic rings. The predicted molar refractivity (Wildman–Crippen MR) is 85.1 cm³/mol. The van der Waals surface area contributed by atoms with E-state index in [0.717, 1.165) is 33.1 Å². The fourth-order valence-electron chi connectivity index (χ4n) is 2.13. The van der Waals surface area contributed by atoms with Crippen LogP contribution in [0.5, 0.6) is 5.75 Å². The minimum Gasteiger partial charge on any atom is -0.489 e. The average Bonchev–Trinajstić information content (AvgIpc) is 2.53. The zero-order valence-electron chi connectivity index (χ0n) is 10.9. The average molecular weight is 328 g/mol. The van der Waals surface area contributed by atoms with Crippen LogP contribution >= 0.6 is 15.9 Å². The monoisotopic (exact) mass is 327 g/mol. The molecule has 0 atom stereocenters. The van der Waals surface area contributed by atoms with Gasteiger partial charge in [0.25, 0.3) is 0 Å². The summed E-state index contributed by atoms with van der Waals surface area (Å²) in [7, 11) is 0. The van der Waals surface area contributed by atoms with Crippen LogP contribution in [0.25, 0.3) is 10.9 Å². The number of hydrogen-bond acceptors (Lipinski definition) is 2. The molecule has 20 heavy (non-hydrogen) atoms. The Morgan fingerprint density at radius 1 is 1.00 bits per heavy atom. The Hall–Kier alpha value is -1.87. The van der Waals surface area contributed by atoms with E-state index in [1.807, 2.05) is 36.5 Å². The predicted octanol–water partition coefficient (Wildman–Crippen LogP) is 4.71. The number of nitrogens with zero attached hydrogens (tertiary/aromatic N) is 1. The topological polar surface area (TPSA) is 22.1 Å². The Bertz CT molecular complexity index is 727. The zero-order chi connectivity index (χ0) is 13.8. The summed E-state index contributed by atoms with van der Waals surface area (Å²) in [5.41, 5.74) is 3.32. The van der Waals surface area contributed by atoms with Crippen LogP contribution in [0.3, 0.4) is 0 Å². The van der Waals surface area contributed by atoms with E-state index in [1.165, 1.54) is 0 Å². The standard InChI is InChI=1S/C17H14BrNO/c18-11-15-4-1-2-6-17(15)20-12-13-7-8-16-14(10-13)5-3-9-19-16/h1-10H,11-12H2. The maximum absolute atomic E-state index is 5.91. The Kier molecular flexibility index (Phi) is 3.97. The maximum atomic E-state index is 5.91. The van der Waals surface area contributed by atoms with Gasteiger partial charge in [0.1, 0.15) is 12.4 Å². The summed E-state index contributed by atoms with van der Waals surface area (Å²) in [5.74, 6) is 0.927. The van der Waals surface area contributed by atoms with Crippen molar-refractivity contribution in [2.24, 2.45) is 0 Å². The fraction of sp³-hybridized carbons (Fsp3) is 0.118. The van der Waals surface area contributed by atoms with Crippen molar-refractivity contribution in [2.45, 2.75) is 11.9 Å². The van der Waals surface area contributed by atoms with E-state index in [-0.39, 0.29) is 0 Å². The summed E-state index contributed by atoms with van der Waals surface area (Å²) in [6.07, 6.45) is 1.81. The smallest absolute Gasteiger partial charge is 0.123 e. The van der Waals surface area contributed by atoms with Crippen LogP contribution in [0.4, 0.5) is 0 Å². The number of aromatic nitrogens is 1. The number of pyridine rings is 1. The number of hydrogen-bond donors (Lipinski definition) is 0. The van der Waals surface area contributed by atoms with Gasteiger partial charge in [0, 0.05) is 22.5 Å². The molecule has 0 saturated carbocycles. The van der Waals surface area contributed by atoms with Gasteiger partial charge in [-0.25, -0.2) is 0 Å². The van der Waals surface area contributed by atoms with Crippen molar-refractivity contribution >= 4 is 26.8 Å². The highest BCUT2D eigenvalue weighted by Crippen LogP contribution is 2.22. The van der Waals surface area contributed by atoms with Gasteiger partial charge in [-0.1, -0.05) is 46.3 Å². The first-order valence-corrected chi connectivity index (χ1v) is 7.59. The van der Waals surface area contributed by atoms with Crippen LogP contribution in [-0.4, -0.2) is 4.98 Å². The Labute approximate surface area is 126 Å². The van der Waals surface area contributed by atoms with E-state index in [4.69, 9.17) is 4.74 Å². The van der Waals surface area contributed by atoms with Crippen LogP contribution < -0.4 is 4.74 Å². The zero-order valence-corrected chi connectivity index (χ0v) is 12.5. The summed E-state index contributed by atoms with van der Waals surface area (Å²) in [5, 5.41) is 1.94. The maximum Gasteiger partial charge on any atom is 0.123 e. The molecule has 3 heteroatoms. The first-order valence-electron chi connectivity index (χ1n) is 6.47. The van der Waals surface area contributed by atoms with E-state index in [0.29, 0.717) is 6.61 Å². The lowest BCUT2D eigenvalue weighted by molar-refractivity contribution is 0.304. The highest BCUT2D eigenvalue weighted by molar-refractivity contribution is 9.08. The van der Waals surface area contributed by atoms with Crippen LogP contribution in [-0.2, 0) is 11.9 Å². The van der Waals surface area contributed by atoms with E-state index < -0.39 is 0 Å². The van der Waals surface area contributed by atoms with Crippen molar-refractivity contribution in [3.63, 3.8) is 0 Å². The molecular weight excluding hydrogens is 314 g/mol. The second-order valence-corrected chi connectivity index (χ2v) is 5.12. The largest absolute Gasteiger partial charge is 0.489 e. The molecule has 100 valence electrons. The molecule has 2 nitrogen and oxygen atoms in total. The van der Waals surface area contributed by atoms with Crippen molar-refractivity contribution in [1.29, 1.82) is 0 Å². The third-order valence-corrected chi connectivity index (χ3v) is 3.78. The first-order chi connectivity index (χ1) is 9.86. The van der Waals surface area contributed by atoms with E-state index in [1.54, 1.807) is 0 Å². The lowest BCUT2D eigenvalue weighted by Crippen LogP contribution is -1.97. The van der Waals surface area contributed by atoms with Crippen LogP contribution in [0.15, 0.2) is 60.8 Å². The molecule has 1 heterocycles. The van der Waals surface area contributed by atoms with Gasteiger partial charge in [-0.05, 0) is 29.8 Å². The second kappa shape index (κ2) is 6.06. The van der Waals surface area contributed by atoms with Gasteiger partial charge in [0.2, 0.25) is 0 Å². The molecule has 0 bridgehead atoms. The molecule has 0 amide bonds. The Balaban J connectivity index is 1.79. The Morgan fingerprint density at radius 2 is 1.90 bits per heavy atom. The number of ether oxygens (including phenoxy) is 1. The second-order valence-electron chi connectivity index (χ2n) is 4.56. The third-order valence-electron chi connectivity index (χ3n) is 3.18. The van der Waals surface area contributed by atoms with Crippen molar-refractivity contribution in [3.8, 4) is 5.75 Å². The fourth-order valence-corrected chi connectivity index (χ4v) is 2.59. The minimum atomic E-state index is 0.564. The SMILES string of the molecule is BrCc1ccccc1OCc1ccc2ncccc2c1. The van der Waals surface area contributed by atoms with Crippen LogP contribution in [0.1, 0.15) is 11.1 Å². The molecule has 0 aliphatic carbocycles. The lowest BCUT2D eigenvalue weighted by atomic mass is 10.1. The van der Waals surface area contributed by atoms with Crippen LogP contribution in [0, 0.1) is 0 Å². The highest BCUT2D eigenvalue weighted by atomic mass is 79.9. The van der Waals surface area contributed by atoms with Gasteiger partial charge in [-0.3, -0.25) is 4.98 Å². The first kappa shape index (κ1) is 13.1. The number of alkyl halides is 1. The molecule has 1 aromatic heterocycles. The number of benzene rings is 2. The lowest BCUT2D eigenvalue weighted by Gasteiger charge is -2.10. The molecule has 0 saturated heterocycles. The molecule has 0 spiro atoms.